The highest BCUT2D eigenvalue weighted by molar-refractivity contribution is 7.15. The summed E-state index contributed by atoms with van der Waals surface area (Å²) >= 11 is 1.38. The molecule has 1 N–H and O–H groups in total. The van der Waals surface area contributed by atoms with Crippen molar-refractivity contribution in [2.75, 3.05) is 18.4 Å². The van der Waals surface area contributed by atoms with Crippen molar-refractivity contribution in [1.82, 2.24) is 9.88 Å². The fourth-order valence-electron chi connectivity index (χ4n) is 2.85. The van der Waals surface area contributed by atoms with Crippen molar-refractivity contribution in [2.24, 2.45) is 5.92 Å². The molecule has 1 amide bonds. The topological polar surface area (TPSA) is 45.2 Å². The summed E-state index contributed by atoms with van der Waals surface area (Å²) in [5.74, 6) is 0.334. The zero-order valence-electron chi connectivity index (χ0n) is 14.2. The van der Waals surface area contributed by atoms with E-state index in [0.717, 1.165) is 36.4 Å². The van der Waals surface area contributed by atoms with E-state index in [2.05, 4.69) is 17.2 Å². The van der Waals surface area contributed by atoms with Gasteiger partial charge >= 0.3 is 0 Å². The Morgan fingerprint density at radius 3 is 2.71 bits per heavy atom. The van der Waals surface area contributed by atoms with E-state index in [1.807, 2.05) is 24.8 Å². The Morgan fingerprint density at radius 1 is 1.33 bits per heavy atom. The van der Waals surface area contributed by atoms with E-state index in [0.29, 0.717) is 22.4 Å². The fraction of sp³-hybridized carbons (Fsp3) is 0.444. The number of halogens is 1. The summed E-state index contributed by atoms with van der Waals surface area (Å²) in [5, 5.41) is 3.53. The molecule has 2 aromatic rings. The second-order valence-corrected chi connectivity index (χ2v) is 7.71. The summed E-state index contributed by atoms with van der Waals surface area (Å²) in [6.45, 7) is 7.51. The molecule has 1 saturated heterocycles. The Labute approximate surface area is 145 Å². The number of amides is 1. The summed E-state index contributed by atoms with van der Waals surface area (Å²) in [5.41, 5.74) is 1.72. The van der Waals surface area contributed by atoms with Gasteiger partial charge in [-0.05, 0) is 50.3 Å². The van der Waals surface area contributed by atoms with Crippen LogP contribution in [0.5, 0.6) is 0 Å². The van der Waals surface area contributed by atoms with Crippen molar-refractivity contribution in [3.8, 4) is 0 Å². The van der Waals surface area contributed by atoms with Crippen molar-refractivity contribution in [3.05, 3.63) is 40.2 Å². The maximum atomic E-state index is 14.0. The normalized spacial score (nSPS) is 15.6. The molecular formula is C18H22FN3OS. The lowest BCUT2D eigenvalue weighted by Crippen LogP contribution is -2.38. The first kappa shape index (κ1) is 16.9. The molecule has 1 aromatic heterocycles. The van der Waals surface area contributed by atoms with Gasteiger partial charge in [-0.25, -0.2) is 9.37 Å². The summed E-state index contributed by atoms with van der Waals surface area (Å²) in [6.07, 6.45) is 2.07. The maximum Gasteiger partial charge on any atom is 0.273 e. The summed E-state index contributed by atoms with van der Waals surface area (Å²) in [4.78, 5) is 19.8. The summed E-state index contributed by atoms with van der Waals surface area (Å²) < 4.78 is 14.0. The molecule has 1 fully saturated rings. The summed E-state index contributed by atoms with van der Waals surface area (Å²) in [6, 6.07) is 5.01. The Hall–Kier alpha value is -1.95. The van der Waals surface area contributed by atoms with E-state index in [1.165, 1.54) is 17.4 Å². The lowest BCUT2D eigenvalue weighted by atomic mass is 9.99. The molecule has 0 atom stereocenters. The lowest BCUT2D eigenvalue weighted by molar-refractivity contribution is 0.0691. The molecule has 0 aliphatic carbocycles. The molecule has 24 heavy (non-hydrogen) atoms. The molecule has 128 valence electrons. The highest BCUT2D eigenvalue weighted by Crippen LogP contribution is 2.28. The number of likely N-dealkylation sites (tertiary alicyclic amines) is 1. The molecular weight excluding hydrogens is 325 g/mol. The van der Waals surface area contributed by atoms with Crippen LogP contribution in [0.1, 0.15) is 40.7 Å². The predicted octanol–water partition coefficient (Wildman–Crippen LogP) is 4.51. The van der Waals surface area contributed by atoms with Gasteiger partial charge in [-0.2, -0.15) is 0 Å². The molecule has 2 heterocycles. The Kier molecular flexibility index (Phi) is 4.85. The molecule has 0 radical (unpaired) electrons. The van der Waals surface area contributed by atoms with Crippen LogP contribution < -0.4 is 5.32 Å². The number of aromatic nitrogens is 1. The van der Waals surface area contributed by atoms with Gasteiger partial charge < -0.3 is 10.2 Å². The number of nitrogens with one attached hydrogen (secondary N) is 1. The third-order valence-electron chi connectivity index (χ3n) is 4.44. The van der Waals surface area contributed by atoms with Crippen LogP contribution in [0.15, 0.2) is 18.2 Å². The molecule has 3 rings (SSSR count). The van der Waals surface area contributed by atoms with E-state index in [9.17, 15) is 9.18 Å². The van der Waals surface area contributed by atoms with E-state index in [1.54, 1.807) is 6.07 Å². The van der Waals surface area contributed by atoms with Crippen LogP contribution >= 0.6 is 11.3 Å². The van der Waals surface area contributed by atoms with E-state index >= 15 is 0 Å². The standard InChI is InChI=1S/C18H22FN3OS/c1-11-6-8-22(9-7-11)17(23)16-13(3)24-18(21-16)20-15-5-4-12(2)10-14(15)19/h4-5,10-11H,6-9H2,1-3H3,(H,20,21). The molecule has 0 bridgehead atoms. The molecule has 1 aliphatic rings. The monoisotopic (exact) mass is 347 g/mol. The SMILES string of the molecule is Cc1ccc(Nc2nc(C(=O)N3CCC(C)CC3)c(C)s2)c(F)c1. The van der Waals surface area contributed by atoms with Gasteiger partial charge in [-0.1, -0.05) is 13.0 Å². The first-order chi connectivity index (χ1) is 11.4. The molecule has 6 heteroatoms. The number of piperidine rings is 1. The predicted molar refractivity (Wildman–Crippen MR) is 95.6 cm³/mol. The minimum Gasteiger partial charge on any atom is -0.337 e. The van der Waals surface area contributed by atoms with Gasteiger partial charge in [0.2, 0.25) is 0 Å². The van der Waals surface area contributed by atoms with Crippen LogP contribution in [0.2, 0.25) is 0 Å². The van der Waals surface area contributed by atoms with Crippen LogP contribution in [0.3, 0.4) is 0 Å². The smallest absolute Gasteiger partial charge is 0.273 e. The lowest BCUT2D eigenvalue weighted by Gasteiger charge is -2.29. The van der Waals surface area contributed by atoms with Gasteiger partial charge in [0.05, 0.1) is 5.69 Å². The number of carbonyl (C=O) groups is 1. The average molecular weight is 347 g/mol. The molecule has 1 aliphatic heterocycles. The Morgan fingerprint density at radius 2 is 2.04 bits per heavy atom. The molecule has 4 nitrogen and oxygen atoms in total. The summed E-state index contributed by atoms with van der Waals surface area (Å²) in [7, 11) is 0. The Balaban J connectivity index is 1.76. The van der Waals surface area contributed by atoms with E-state index < -0.39 is 0 Å². The highest BCUT2D eigenvalue weighted by atomic mass is 32.1. The van der Waals surface area contributed by atoms with Gasteiger partial charge in [-0.15, -0.1) is 11.3 Å². The zero-order chi connectivity index (χ0) is 17.3. The second kappa shape index (κ2) is 6.89. The third-order valence-corrected chi connectivity index (χ3v) is 5.32. The quantitative estimate of drug-likeness (QED) is 0.888. The zero-order valence-corrected chi connectivity index (χ0v) is 15.0. The van der Waals surface area contributed by atoms with Gasteiger partial charge in [0, 0.05) is 18.0 Å². The minimum atomic E-state index is -0.319. The number of anilines is 2. The fourth-order valence-corrected chi connectivity index (χ4v) is 3.66. The first-order valence-corrected chi connectivity index (χ1v) is 9.05. The van der Waals surface area contributed by atoms with Crippen molar-refractivity contribution in [1.29, 1.82) is 0 Å². The largest absolute Gasteiger partial charge is 0.337 e. The van der Waals surface area contributed by atoms with Crippen LogP contribution in [-0.4, -0.2) is 28.9 Å². The van der Waals surface area contributed by atoms with E-state index in [4.69, 9.17) is 0 Å². The molecule has 0 spiro atoms. The van der Waals surface area contributed by atoms with Crippen LogP contribution in [0.4, 0.5) is 15.2 Å². The number of thiazole rings is 1. The van der Waals surface area contributed by atoms with E-state index in [-0.39, 0.29) is 11.7 Å². The van der Waals surface area contributed by atoms with Gasteiger partial charge in [0.15, 0.2) is 5.13 Å². The Bertz CT molecular complexity index is 751. The van der Waals surface area contributed by atoms with Crippen LogP contribution in [-0.2, 0) is 0 Å². The van der Waals surface area contributed by atoms with Crippen molar-refractivity contribution >= 4 is 28.1 Å². The number of benzene rings is 1. The van der Waals surface area contributed by atoms with Crippen molar-refractivity contribution < 1.29 is 9.18 Å². The number of carbonyl (C=O) groups excluding carboxylic acids is 1. The van der Waals surface area contributed by atoms with Crippen molar-refractivity contribution in [3.63, 3.8) is 0 Å². The third kappa shape index (κ3) is 3.59. The number of hydrogen-bond acceptors (Lipinski definition) is 4. The first-order valence-electron chi connectivity index (χ1n) is 8.24. The second-order valence-electron chi connectivity index (χ2n) is 6.51. The molecule has 1 aromatic carbocycles. The van der Waals surface area contributed by atoms with Crippen LogP contribution in [0.25, 0.3) is 0 Å². The maximum absolute atomic E-state index is 14.0. The van der Waals surface area contributed by atoms with Crippen LogP contribution in [0, 0.1) is 25.6 Å². The molecule has 0 saturated carbocycles. The number of hydrogen-bond donors (Lipinski definition) is 1. The highest BCUT2D eigenvalue weighted by Gasteiger charge is 2.25. The van der Waals surface area contributed by atoms with Crippen molar-refractivity contribution in [2.45, 2.75) is 33.6 Å². The number of rotatable bonds is 3. The van der Waals surface area contributed by atoms with Gasteiger partial charge in [-0.3, -0.25) is 4.79 Å². The van der Waals surface area contributed by atoms with Gasteiger partial charge in [0.1, 0.15) is 11.5 Å². The molecule has 0 unspecified atom stereocenters. The number of aryl methyl sites for hydroxylation is 2. The van der Waals surface area contributed by atoms with Gasteiger partial charge in [0.25, 0.3) is 5.91 Å². The minimum absolute atomic E-state index is 0.0203. The average Bonchev–Trinajstić information content (AvgIpc) is 2.91. The number of nitrogens with zero attached hydrogens (tertiary/aromatic N) is 2.